The van der Waals surface area contributed by atoms with Crippen molar-refractivity contribution in [1.82, 2.24) is 5.32 Å². The quantitative estimate of drug-likeness (QED) is 0.617. The number of esters is 1. The highest BCUT2D eigenvalue weighted by atomic mass is 16.5. The van der Waals surface area contributed by atoms with E-state index in [9.17, 15) is 9.59 Å². The second-order valence-corrected chi connectivity index (χ2v) is 6.54. The van der Waals surface area contributed by atoms with Crippen LogP contribution in [0.1, 0.15) is 28.9 Å². The van der Waals surface area contributed by atoms with E-state index in [1.807, 2.05) is 37.3 Å². The molecule has 3 rings (SSSR count). The molecule has 0 radical (unpaired) electrons. The molecule has 3 aromatic rings. The van der Waals surface area contributed by atoms with E-state index in [-0.39, 0.29) is 12.6 Å². The molecule has 29 heavy (non-hydrogen) atoms. The van der Waals surface area contributed by atoms with Gasteiger partial charge >= 0.3 is 5.97 Å². The van der Waals surface area contributed by atoms with E-state index in [1.165, 1.54) is 0 Å². The van der Waals surface area contributed by atoms with Gasteiger partial charge in [0.2, 0.25) is 0 Å². The molecule has 0 aliphatic heterocycles. The number of carbonyl (C=O) groups excluding carboxylic acids is 2. The maximum absolute atomic E-state index is 12.3. The maximum atomic E-state index is 12.3. The first kappa shape index (κ1) is 20.2. The Balaban J connectivity index is 1.61. The molecule has 0 heterocycles. The first-order valence-electron chi connectivity index (χ1n) is 9.19. The molecule has 0 saturated heterocycles. The van der Waals surface area contributed by atoms with Gasteiger partial charge in [0.15, 0.2) is 6.61 Å². The van der Waals surface area contributed by atoms with Crippen LogP contribution in [0.15, 0.2) is 60.7 Å². The van der Waals surface area contributed by atoms with Gasteiger partial charge in [-0.05, 0) is 48.0 Å². The Hall–Kier alpha value is -3.54. The number of benzene rings is 3. The van der Waals surface area contributed by atoms with Gasteiger partial charge in [0.25, 0.3) is 5.91 Å². The van der Waals surface area contributed by atoms with Crippen LogP contribution in [-0.2, 0) is 9.53 Å². The fourth-order valence-corrected chi connectivity index (χ4v) is 3.07. The van der Waals surface area contributed by atoms with Gasteiger partial charge in [0.05, 0.1) is 25.8 Å². The lowest BCUT2D eigenvalue weighted by Gasteiger charge is -2.18. The van der Waals surface area contributed by atoms with Gasteiger partial charge in [-0.25, -0.2) is 4.79 Å². The molecule has 1 amide bonds. The molecule has 1 N–H and O–H groups in total. The highest BCUT2D eigenvalue weighted by Crippen LogP contribution is 2.29. The van der Waals surface area contributed by atoms with Crippen molar-refractivity contribution in [2.24, 2.45) is 0 Å². The Labute approximate surface area is 169 Å². The first-order chi connectivity index (χ1) is 14.0. The largest absolute Gasteiger partial charge is 0.497 e. The number of amides is 1. The van der Waals surface area contributed by atoms with E-state index in [4.69, 9.17) is 14.2 Å². The van der Waals surface area contributed by atoms with Crippen molar-refractivity contribution in [3.05, 3.63) is 71.8 Å². The highest BCUT2D eigenvalue weighted by molar-refractivity contribution is 5.96. The van der Waals surface area contributed by atoms with E-state index in [0.29, 0.717) is 17.1 Å². The van der Waals surface area contributed by atoms with E-state index in [2.05, 4.69) is 5.32 Å². The van der Waals surface area contributed by atoms with Crippen LogP contribution < -0.4 is 14.8 Å². The van der Waals surface area contributed by atoms with Crippen molar-refractivity contribution in [2.45, 2.75) is 13.0 Å². The Morgan fingerprint density at radius 2 is 1.69 bits per heavy atom. The number of methoxy groups -OCH3 is 2. The second kappa shape index (κ2) is 9.10. The zero-order valence-electron chi connectivity index (χ0n) is 16.6. The molecule has 0 bridgehead atoms. The molecule has 0 fully saturated rings. The zero-order chi connectivity index (χ0) is 20.8. The third-order valence-electron chi connectivity index (χ3n) is 4.60. The molecule has 0 spiro atoms. The molecular weight excluding hydrogens is 370 g/mol. The minimum atomic E-state index is -0.544. The summed E-state index contributed by atoms with van der Waals surface area (Å²) in [6.07, 6.45) is 0. The Bertz CT molecular complexity index is 1030. The first-order valence-corrected chi connectivity index (χ1v) is 9.19. The van der Waals surface area contributed by atoms with Crippen LogP contribution in [0, 0.1) is 0 Å². The van der Waals surface area contributed by atoms with Gasteiger partial charge in [-0.2, -0.15) is 0 Å². The Morgan fingerprint density at radius 3 is 2.41 bits per heavy atom. The molecule has 3 aromatic carbocycles. The number of rotatable bonds is 7. The van der Waals surface area contributed by atoms with Crippen LogP contribution >= 0.6 is 0 Å². The van der Waals surface area contributed by atoms with Crippen molar-refractivity contribution in [2.75, 3.05) is 20.8 Å². The molecule has 0 saturated carbocycles. The van der Waals surface area contributed by atoms with Crippen LogP contribution in [-0.4, -0.2) is 32.7 Å². The fraction of sp³-hybridized carbons (Fsp3) is 0.217. The van der Waals surface area contributed by atoms with Gasteiger partial charge in [0.1, 0.15) is 11.5 Å². The summed E-state index contributed by atoms with van der Waals surface area (Å²) in [7, 11) is 3.13. The van der Waals surface area contributed by atoms with Crippen molar-refractivity contribution in [1.29, 1.82) is 0 Å². The SMILES string of the molecule is COc1ccc(OC)c([C@@H](C)NC(=O)COC(=O)c2ccc3ccccc3c2)c1. The summed E-state index contributed by atoms with van der Waals surface area (Å²) >= 11 is 0. The lowest BCUT2D eigenvalue weighted by molar-refractivity contribution is -0.124. The summed E-state index contributed by atoms with van der Waals surface area (Å²) in [6.45, 7) is 1.45. The normalized spacial score (nSPS) is 11.6. The van der Waals surface area contributed by atoms with Crippen LogP contribution in [0.5, 0.6) is 11.5 Å². The monoisotopic (exact) mass is 393 g/mol. The standard InChI is InChI=1S/C23H23NO5/c1-15(20-13-19(27-2)10-11-21(20)28-3)24-22(25)14-29-23(26)18-9-8-16-6-4-5-7-17(16)12-18/h4-13,15H,14H2,1-3H3,(H,24,25)/t15-/m1/s1. The van der Waals surface area contributed by atoms with E-state index in [0.717, 1.165) is 16.3 Å². The van der Waals surface area contributed by atoms with Crippen LogP contribution in [0.3, 0.4) is 0 Å². The van der Waals surface area contributed by atoms with Gasteiger partial charge in [0, 0.05) is 5.56 Å². The Kier molecular flexibility index (Phi) is 6.34. The van der Waals surface area contributed by atoms with E-state index < -0.39 is 11.9 Å². The van der Waals surface area contributed by atoms with Gasteiger partial charge in [-0.3, -0.25) is 4.79 Å². The van der Waals surface area contributed by atoms with Crippen LogP contribution in [0.25, 0.3) is 10.8 Å². The summed E-state index contributed by atoms with van der Waals surface area (Å²) < 4.78 is 15.7. The molecule has 0 aromatic heterocycles. The minimum Gasteiger partial charge on any atom is -0.497 e. The Morgan fingerprint density at radius 1 is 0.931 bits per heavy atom. The molecular formula is C23H23NO5. The summed E-state index contributed by atoms with van der Waals surface area (Å²) in [5.74, 6) is 0.338. The van der Waals surface area contributed by atoms with Crippen molar-refractivity contribution >= 4 is 22.6 Å². The lowest BCUT2D eigenvalue weighted by Crippen LogP contribution is -2.31. The molecule has 1 atom stereocenters. The lowest BCUT2D eigenvalue weighted by atomic mass is 10.1. The summed E-state index contributed by atoms with van der Waals surface area (Å²) in [6, 6.07) is 18.0. The average molecular weight is 393 g/mol. The predicted molar refractivity (Wildman–Crippen MR) is 110 cm³/mol. The minimum absolute atomic E-state index is 0.355. The van der Waals surface area contributed by atoms with Crippen molar-refractivity contribution < 1.29 is 23.8 Å². The number of fused-ring (bicyclic) bond motifs is 1. The third-order valence-corrected chi connectivity index (χ3v) is 4.60. The van der Waals surface area contributed by atoms with E-state index in [1.54, 1.807) is 44.6 Å². The molecule has 150 valence electrons. The molecule has 0 aliphatic carbocycles. The number of ether oxygens (including phenoxy) is 3. The second-order valence-electron chi connectivity index (χ2n) is 6.54. The summed E-state index contributed by atoms with van der Waals surface area (Å²) in [5, 5.41) is 4.77. The maximum Gasteiger partial charge on any atom is 0.338 e. The summed E-state index contributed by atoms with van der Waals surface area (Å²) in [4.78, 5) is 24.6. The zero-order valence-corrected chi connectivity index (χ0v) is 16.6. The summed E-state index contributed by atoms with van der Waals surface area (Å²) in [5.41, 5.74) is 1.17. The van der Waals surface area contributed by atoms with Crippen LogP contribution in [0.2, 0.25) is 0 Å². The number of nitrogens with one attached hydrogen (secondary N) is 1. The smallest absolute Gasteiger partial charge is 0.338 e. The topological polar surface area (TPSA) is 73.9 Å². The van der Waals surface area contributed by atoms with Crippen molar-refractivity contribution in [3.63, 3.8) is 0 Å². The molecule has 0 aliphatic rings. The van der Waals surface area contributed by atoms with Gasteiger partial charge < -0.3 is 19.5 Å². The molecule has 6 nitrogen and oxygen atoms in total. The van der Waals surface area contributed by atoms with Gasteiger partial charge in [-0.1, -0.05) is 30.3 Å². The predicted octanol–water partition coefficient (Wildman–Crippen LogP) is 3.89. The average Bonchev–Trinajstić information content (AvgIpc) is 2.76. The highest BCUT2D eigenvalue weighted by Gasteiger charge is 2.17. The molecule has 0 unspecified atom stereocenters. The van der Waals surface area contributed by atoms with Gasteiger partial charge in [-0.15, -0.1) is 0 Å². The van der Waals surface area contributed by atoms with Crippen molar-refractivity contribution in [3.8, 4) is 11.5 Å². The third kappa shape index (κ3) is 4.85. The number of hydrogen-bond acceptors (Lipinski definition) is 5. The molecule has 6 heteroatoms. The fourth-order valence-electron chi connectivity index (χ4n) is 3.07. The number of carbonyl (C=O) groups is 2. The van der Waals surface area contributed by atoms with Crippen LogP contribution in [0.4, 0.5) is 0 Å². The number of hydrogen-bond donors (Lipinski definition) is 1. The van der Waals surface area contributed by atoms with E-state index >= 15 is 0 Å².